The standard InChI is InChI=1S/C31H32N2O/c1-4-33(5-2)24(3)34-28-21-19-27(20-22-28)30(25-14-8-6-9-15-25)31(26-16-10-7-11-17-26)29-18-12-13-23-32-29/h6-24H,4-5H2,1-3H3/b31-30+. The Morgan fingerprint density at radius 2 is 1.21 bits per heavy atom. The maximum atomic E-state index is 6.23. The zero-order valence-corrected chi connectivity index (χ0v) is 20.2. The van der Waals surface area contributed by atoms with Gasteiger partial charge in [0.1, 0.15) is 12.0 Å². The van der Waals surface area contributed by atoms with Gasteiger partial charge in [0.2, 0.25) is 0 Å². The minimum atomic E-state index is 0.0263. The smallest absolute Gasteiger partial charge is 0.149 e. The molecule has 0 radical (unpaired) electrons. The number of rotatable bonds is 9. The zero-order valence-electron chi connectivity index (χ0n) is 20.2. The van der Waals surface area contributed by atoms with E-state index in [1.165, 1.54) is 0 Å². The molecule has 34 heavy (non-hydrogen) atoms. The van der Waals surface area contributed by atoms with Crippen molar-refractivity contribution in [1.82, 2.24) is 9.88 Å². The van der Waals surface area contributed by atoms with Gasteiger partial charge in [-0.25, -0.2) is 0 Å². The lowest BCUT2D eigenvalue weighted by Gasteiger charge is -2.27. The first-order chi connectivity index (χ1) is 16.7. The van der Waals surface area contributed by atoms with E-state index < -0.39 is 0 Å². The molecule has 1 heterocycles. The number of aromatic nitrogens is 1. The van der Waals surface area contributed by atoms with Gasteiger partial charge in [-0.1, -0.05) is 92.7 Å². The molecule has 4 aromatic rings. The van der Waals surface area contributed by atoms with Crippen LogP contribution in [0.1, 0.15) is 43.2 Å². The van der Waals surface area contributed by atoms with Gasteiger partial charge in [-0.05, 0) is 66.5 Å². The molecule has 0 saturated carbocycles. The zero-order chi connectivity index (χ0) is 23.8. The highest BCUT2D eigenvalue weighted by Crippen LogP contribution is 2.36. The summed E-state index contributed by atoms with van der Waals surface area (Å²) in [7, 11) is 0. The SMILES string of the molecule is CCN(CC)C(C)Oc1ccc(/C(=C(\c2ccccc2)c2ccccn2)c2ccccc2)cc1. The quantitative estimate of drug-likeness (QED) is 0.201. The third kappa shape index (κ3) is 5.44. The Bertz CT molecular complexity index is 1140. The molecule has 0 saturated heterocycles. The Morgan fingerprint density at radius 1 is 0.676 bits per heavy atom. The number of hydrogen-bond donors (Lipinski definition) is 0. The predicted molar refractivity (Wildman–Crippen MR) is 142 cm³/mol. The van der Waals surface area contributed by atoms with Crippen LogP contribution in [-0.4, -0.2) is 29.2 Å². The summed E-state index contributed by atoms with van der Waals surface area (Å²) >= 11 is 0. The van der Waals surface area contributed by atoms with Crippen LogP contribution in [0.3, 0.4) is 0 Å². The summed E-state index contributed by atoms with van der Waals surface area (Å²) < 4.78 is 6.23. The van der Waals surface area contributed by atoms with Gasteiger partial charge in [-0.15, -0.1) is 0 Å². The molecular weight excluding hydrogens is 416 g/mol. The van der Waals surface area contributed by atoms with Gasteiger partial charge in [0.15, 0.2) is 0 Å². The summed E-state index contributed by atoms with van der Waals surface area (Å²) in [6.07, 6.45) is 1.88. The number of nitrogens with zero attached hydrogens (tertiary/aromatic N) is 2. The molecule has 0 N–H and O–H groups in total. The number of benzene rings is 3. The lowest BCUT2D eigenvalue weighted by molar-refractivity contribution is 0.0481. The van der Waals surface area contributed by atoms with Gasteiger partial charge in [-0.3, -0.25) is 9.88 Å². The van der Waals surface area contributed by atoms with E-state index in [4.69, 9.17) is 9.72 Å². The lowest BCUT2D eigenvalue weighted by atomic mass is 9.87. The highest BCUT2D eigenvalue weighted by atomic mass is 16.5. The van der Waals surface area contributed by atoms with Crippen molar-refractivity contribution in [3.63, 3.8) is 0 Å². The first-order valence-corrected chi connectivity index (χ1v) is 12.0. The summed E-state index contributed by atoms with van der Waals surface area (Å²) in [5.41, 5.74) is 6.61. The summed E-state index contributed by atoms with van der Waals surface area (Å²) in [6, 6.07) is 35.5. The Kier molecular flexibility index (Phi) is 7.90. The largest absolute Gasteiger partial charge is 0.475 e. The molecule has 0 fully saturated rings. The maximum Gasteiger partial charge on any atom is 0.149 e. The predicted octanol–water partition coefficient (Wildman–Crippen LogP) is 7.16. The number of ether oxygens (including phenoxy) is 1. The Balaban J connectivity index is 1.84. The third-order valence-corrected chi connectivity index (χ3v) is 6.07. The second-order valence-corrected chi connectivity index (χ2v) is 8.16. The molecule has 1 unspecified atom stereocenters. The van der Waals surface area contributed by atoms with Gasteiger partial charge in [0.25, 0.3) is 0 Å². The first kappa shape index (κ1) is 23.5. The van der Waals surface area contributed by atoms with Crippen molar-refractivity contribution in [3.8, 4) is 5.75 Å². The van der Waals surface area contributed by atoms with Crippen LogP contribution in [0.15, 0.2) is 109 Å². The van der Waals surface area contributed by atoms with Crippen LogP contribution in [0, 0.1) is 0 Å². The molecule has 3 nitrogen and oxygen atoms in total. The van der Waals surface area contributed by atoms with E-state index in [1.54, 1.807) is 0 Å². The average molecular weight is 449 g/mol. The highest BCUT2D eigenvalue weighted by molar-refractivity contribution is 6.03. The van der Waals surface area contributed by atoms with Gasteiger partial charge >= 0.3 is 0 Å². The van der Waals surface area contributed by atoms with E-state index in [-0.39, 0.29) is 6.23 Å². The molecule has 172 valence electrons. The van der Waals surface area contributed by atoms with E-state index >= 15 is 0 Å². The van der Waals surface area contributed by atoms with E-state index in [0.717, 1.165) is 52.4 Å². The Hall–Kier alpha value is -3.69. The number of hydrogen-bond acceptors (Lipinski definition) is 3. The molecule has 0 aliphatic carbocycles. The average Bonchev–Trinajstić information content (AvgIpc) is 2.90. The fourth-order valence-corrected chi connectivity index (χ4v) is 4.31. The molecule has 1 atom stereocenters. The summed E-state index contributed by atoms with van der Waals surface area (Å²) in [5.74, 6) is 0.870. The van der Waals surface area contributed by atoms with Crippen molar-refractivity contribution in [3.05, 3.63) is 132 Å². The Morgan fingerprint density at radius 3 is 1.74 bits per heavy atom. The molecule has 1 aromatic heterocycles. The molecule has 3 heteroatoms. The lowest BCUT2D eigenvalue weighted by Crippen LogP contribution is -2.36. The van der Waals surface area contributed by atoms with Crippen molar-refractivity contribution in [2.45, 2.75) is 27.0 Å². The van der Waals surface area contributed by atoms with Gasteiger partial charge < -0.3 is 4.74 Å². The van der Waals surface area contributed by atoms with Crippen LogP contribution in [-0.2, 0) is 0 Å². The van der Waals surface area contributed by atoms with Crippen LogP contribution < -0.4 is 4.74 Å². The minimum Gasteiger partial charge on any atom is -0.475 e. The fraction of sp³-hybridized carbons (Fsp3) is 0.194. The van der Waals surface area contributed by atoms with Crippen molar-refractivity contribution in [1.29, 1.82) is 0 Å². The van der Waals surface area contributed by atoms with Crippen LogP contribution >= 0.6 is 0 Å². The molecule has 4 rings (SSSR count). The maximum absolute atomic E-state index is 6.23. The van der Waals surface area contributed by atoms with Crippen molar-refractivity contribution < 1.29 is 4.74 Å². The fourth-order valence-electron chi connectivity index (χ4n) is 4.31. The topological polar surface area (TPSA) is 25.4 Å². The first-order valence-electron chi connectivity index (χ1n) is 12.0. The van der Waals surface area contributed by atoms with Gasteiger partial charge in [0, 0.05) is 11.8 Å². The second-order valence-electron chi connectivity index (χ2n) is 8.16. The normalized spacial score (nSPS) is 12.8. The molecule has 0 bridgehead atoms. The summed E-state index contributed by atoms with van der Waals surface area (Å²) in [5, 5.41) is 0. The van der Waals surface area contributed by atoms with E-state index in [0.29, 0.717) is 0 Å². The Labute approximate surface area is 203 Å². The van der Waals surface area contributed by atoms with E-state index in [9.17, 15) is 0 Å². The molecule has 0 aliphatic rings. The van der Waals surface area contributed by atoms with Crippen LogP contribution in [0.4, 0.5) is 0 Å². The van der Waals surface area contributed by atoms with E-state index in [1.807, 2.05) is 24.4 Å². The summed E-state index contributed by atoms with van der Waals surface area (Å²) in [6.45, 7) is 8.34. The van der Waals surface area contributed by atoms with Crippen LogP contribution in [0.25, 0.3) is 11.1 Å². The molecule has 0 aliphatic heterocycles. The van der Waals surface area contributed by atoms with Crippen molar-refractivity contribution >= 4 is 11.1 Å². The monoisotopic (exact) mass is 448 g/mol. The third-order valence-electron chi connectivity index (χ3n) is 6.07. The molecule has 0 amide bonds. The minimum absolute atomic E-state index is 0.0263. The van der Waals surface area contributed by atoms with Crippen LogP contribution in [0.5, 0.6) is 5.75 Å². The van der Waals surface area contributed by atoms with Crippen molar-refractivity contribution in [2.75, 3.05) is 13.1 Å². The molecular formula is C31H32N2O. The van der Waals surface area contributed by atoms with Crippen LogP contribution in [0.2, 0.25) is 0 Å². The molecule has 3 aromatic carbocycles. The molecule has 0 spiro atoms. The van der Waals surface area contributed by atoms with Gasteiger partial charge in [0.05, 0.1) is 5.69 Å². The van der Waals surface area contributed by atoms with Crippen molar-refractivity contribution in [2.24, 2.45) is 0 Å². The number of pyridine rings is 1. The van der Waals surface area contributed by atoms with Gasteiger partial charge in [-0.2, -0.15) is 0 Å². The summed E-state index contributed by atoms with van der Waals surface area (Å²) in [4.78, 5) is 7.02. The highest BCUT2D eigenvalue weighted by Gasteiger charge is 2.17. The van der Waals surface area contributed by atoms with E-state index in [2.05, 4.69) is 111 Å². The second kappa shape index (κ2) is 11.4.